The minimum atomic E-state index is -4.60. The molecule has 1 saturated heterocycles. The van der Waals surface area contributed by atoms with Gasteiger partial charge in [-0.25, -0.2) is 9.55 Å². The Morgan fingerprint density at radius 1 is 1.29 bits per heavy atom. The molecule has 0 aromatic carbocycles. The molecule has 0 spiro atoms. The van der Waals surface area contributed by atoms with Gasteiger partial charge in [-0.15, -0.1) is 0 Å². The van der Waals surface area contributed by atoms with Crippen molar-refractivity contribution in [3.63, 3.8) is 0 Å². The predicted molar refractivity (Wildman–Crippen MR) is 112 cm³/mol. The number of hydrogen-bond acceptors (Lipinski definition) is 9. The van der Waals surface area contributed by atoms with E-state index in [0.29, 0.717) is 31.0 Å². The summed E-state index contributed by atoms with van der Waals surface area (Å²) in [4.78, 5) is 26.0. The Labute approximate surface area is 179 Å². The van der Waals surface area contributed by atoms with Crippen LogP contribution in [0.4, 0.5) is 5.82 Å². The minimum absolute atomic E-state index is 0.360. The topological polar surface area (TPSA) is 147 Å². The van der Waals surface area contributed by atoms with E-state index >= 15 is 0 Å². The number of pyridine rings is 1. The first-order valence-corrected chi connectivity index (χ1v) is 11.3. The lowest BCUT2D eigenvalue weighted by molar-refractivity contribution is 0.110. The maximum atomic E-state index is 10.9. The number of nitrogens with zero attached hydrogens (tertiary/aromatic N) is 4. The van der Waals surface area contributed by atoms with E-state index in [-0.39, 0.29) is 6.73 Å². The first-order chi connectivity index (χ1) is 14.9. The molecule has 0 amide bonds. The minimum Gasteiger partial charge on any atom is -0.378 e. The van der Waals surface area contributed by atoms with E-state index in [0.717, 1.165) is 30.2 Å². The molecule has 1 unspecified atom stereocenters. The highest BCUT2D eigenvalue weighted by Crippen LogP contribution is 2.36. The molecule has 2 aliphatic rings. The molecule has 166 valence electrons. The van der Waals surface area contributed by atoms with Crippen LogP contribution in [0.25, 0.3) is 5.57 Å². The maximum absolute atomic E-state index is 10.9. The van der Waals surface area contributed by atoms with Crippen LogP contribution in [0.1, 0.15) is 17.0 Å². The zero-order chi connectivity index (χ0) is 21.8. The number of aromatic nitrogens is 2. The Kier molecular flexibility index (Phi) is 6.51. The number of phosphoric acid groups is 1. The Morgan fingerprint density at radius 2 is 2.10 bits per heavy atom. The van der Waals surface area contributed by atoms with Crippen LogP contribution >= 0.6 is 7.82 Å². The summed E-state index contributed by atoms with van der Waals surface area (Å²) in [6.45, 7) is 2.72. The highest BCUT2D eigenvalue weighted by molar-refractivity contribution is 7.46. The van der Waals surface area contributed by atoms with Crippen molar-refractivity contribution in [3.05, 3.63) is 59.8 Å². The van der Waals surface area contributed by atoms with Gasteiger partial charge in [-0.3, -0.25) is 4.52 Å². The SMILES string of the molecule is NC1C(c2cc(Cc3ccc(N4CCOCC4)nc3)no2)=CC=CN1COP(=O)(O)O. The fraction of sp³-hybridized carbons (Fsp3) is 0.368. The van der Waals surface area contributed by atoms with Gasteiger partial charge < -0.3 is 34.6 Å². The molecule has 31 heavy (non-hydrogen) atoms. The van der Waals surface area contributed by atoms with Gasteiger partial charge in [0, 0.05) is 43.5 Å². The fourth-order valence-electron chi connectivity index (χ4n) is 3.36. The number of nitrogens with two attached hydrogens (primary N) is 1. The fourth-order valence-corrected chi connectivity index (χ4v) is 3.65. The van der Waals surface area contributed by atoms with Crippen molar-refractivity contribution in [1.29, 1.82) is 0 Å². The van der Waals surface area contributed by atoms with Gasteiger partial charge in [0.1, 0.15) is 18.7 Å². The molecule has 11 nitrogen and oxygen atoms in total. The molecular weight excluding hydrogens is 425 g/mol. The number of rotatable bonds is 7. The molecule has 0 bridgehead atoms. The Hall–Kier alpha value is -2.53. The monoisotopic (exact) mass is 449 g/mol. The highest BCUT2D eigenvalue weighted by atomic mass is 31.2. The van der Waals surface area contributed by atoms with Crippen LogP contribution in [-0.2, 0) is 20.2 Å². The molecule has 2 aromatic heterocycles. The van der Waals surface area contributed by atoms with Crippen molar-refractivity contribution in [2.45, 2.75) is 12.6 Å². The average Bonchev–Trinajstić information content (AvgIpc) is 3.22. The van der Waals surface area contributed by atoms with Crippen molar-refractivity contribution in [3.8, 4) is 0 Å². The van der Waals surface area contributed by atoms with Crippen molar-refractivity contribution >= 4 is 19.2 Å². The number of hydrogen-bond donors (Lipinski definition) is 3. The van der Waals surface area contributed by atoms with Crippen LogP contribution in [0.15, 0.2) is 47.3 Å². The first-order valence-electron chi connectivity index (χ1n) is 9.72. The van der Waals surface area contributed by atoms with E-state index in [1.54, 1.807) is 24.4 Å². The summed E-state index contributed by atoms with van der Waals surface area (Å²) in [7, 11) is -4.60. The van der Waals surface area contributed by atoms with Gasteiger partial charge in [0.2, 0.25) is 0 Å². The Morgan fingerprint density at radius 3 is 2.81 bits per heavy atom. The van der Waals surface area contributed by atoms with Gasteiger partial charge in [0.25, 0.3) is 0 Å². The molecule has 4 rings (SSSR count). The average molecular weight is 449 g/mol. The van der Waals surface area contributed by atoms with Gasteiger partial charge >= 0.3 is 7.82 Å². The molecule has 4 heterocycles. The lowest BCUT2D eigenvalue weighted by atomic mass is 10.1. The van der Waals surface area contributed by atoms with Crippen LogP contribution in [-0.4, -0.2) is 64.0 Å². The molecule has 2 aromatic rings. The molecule has 12 heteroatoms. The van der Waals surface area contributed by atoms with Crippen LogP contribution in [0.3, 0.4) is 0 Å². The van der Waals surface area contributed by atoms with E-state index < -0.39 is 14.0 Å². The normalized spacial score (nSPS) is 19.6. The summed E-state index contributed by atoms with van der Waals surface area (Å²) in [5.41, 5.74) is 8.53. The second-order valence-electron chi connectivity index (χ2n) is 7.15. The molecular formula is C19H24N5O6P. The van der Waals surface area contributed by atoms with Crippen LogP contribution < -0.4 is 10.6 Å². The lowest BCUT2D eigenvalue weighted by Gasteiger charge is -2.30. The van der Waals surface area contributed by atoms with Gasteiger partial charge in [0.05, 0.1) is 18.9 Å². The van der Waals surface area contributed by atoms with Crippen molar-refractivity contribution in [2.75, 3.05) is 37.9 Å². The zero-order valence-corrected chi connectivity index (χ0v) is 17.6. The standard InChI is InChI=1S/C19H24N5O6P/c20-19-16(2-1-5-24(19)13-29-31(25,26)27)17-11-15(22-30-17)10-14-3-4-18(21-12-14)23-6-8-28-9-7-23/h1-5,11-12,19H,6-10,13,20H2,(H2,25,26,27). The zero-order valence-electron chi connectivity index (χ0n) is 16.7. The second-order valence-corrected chi connectivity index (χ2v) is 8.39. The van der Waals surface area contributed by atoms with Gasteiger partial charge in [-0.1, -0.05) is 17.3 Å². The summed E-state index contributed by atoms with van der Waals surface area (Å²) < 4.78 is 26.3. The Balaban J connectivity index is 1.39. The summed E-state index contributed by atoms with van der Waals surface area (Å²) in [5.74, 6) is 1.40. The third kappa shape index (κ3) is 5.59. The van der Waals surface area contributed by atoms with Crippen molar-refractivity contribution in [2.24, 2.45) is 5.73 Å². The van der Waals surface area contributed by atoms with Gasteiger partial charge in [0.15, 0.2) is 5.76 Å². The van der Waals surface area contributed by atoms with E-state index in [4.69, 9.17) is 24.8 Å². The van der Waals surface area contributed by atoms with E-state index in [1.807, 2.05) is 18.3 Å². The Bertz CT molecular complexity index is 995. The van der Waals surface area contributed by atoms with Crippen LogP contribution in [0, 0.1) is 0 Å². The number of ether oxygens (including phenoxy) is 1. The lowest BCUT2D eigenvalue weighted by Crippen LogP contribution is -2.41. The third-order valence-electron chi connectivity index (χ3n) is 4.98. The maximum Gasteiger partial charge on any atom is 0.471 e. The summed E-state index contributed by atoms with van der Waals surface area (Å²) in [6, 6.07) is 5.80. The smallest absolute Gasteiger partial charge is 0.378 e. The molecule has 1 atom stereocenters. The molecule has 1 fully saturated rings. The number of morpholine rings is 1. The molecule has 0 aliphatic carbocycles. The highest BCUT2D eigenvalue weighted by Gasteiger charge is 2.25. The predicted octanol–water partition coefficient (Wildman–Crippen LogP) is 1.06. The summed E-state index contributed by atoms with van der Waals surface area (Å²) in [6.07, 6.45) is 6.72. The molecule has 0 radical (unpaired) electrons. The van der Waals surface area contributed by atoms with Gasteiger partial charge in [-0.2, -0.15) is 0 Å². The van der Waals surface area contributed by atoms with E-state index in [2.05, 4.69) is 19.6 Å². The molecule has 4 N–H and O–H groups in total. The summed E-state index contributed by atoms with van der Waals surface area (Å²) >= 11 is 0. The largest absolute Gasteiger partial charge is 0.471 e. The van der Waals surface area contributed by atoms with Gasteiger partial charge in [-0.05, 0) is 17.7 Å². The number of allylic oxidation sites excluding steroid dienone is 2. The van der Waals surface area contributed by atoms with Crippen molar-refractivity contribution in [1.82, 2.24) is 15.0 Å². The third-order valence-corrected chi connectivity index (χ3v) is 5.43. The van der Waals surface area contributed by atoms with Crippen LogP contribution in [0.5, 0.6) is 0 Å². The van der Waals surface area contributed by atoms with Crippen LogP contribution in [0.2, 0.25) is 0 Å². The number of anilines is 1. The molecule has 0 saturated carbocycles. The quantitative estimate of drug-likeness (QED) is 0.521. The number of phosphoric ester groups is 1. The van der Waals surface area contributed by atoms with Crippen molar-refractivity contribution < 1.29 is 28.1 Å². The van der Waals surface area contributed by atoms with E-state index in [9.17, 15) is 4.57 Å². The first kappa shape index (κ1) is 21.7. The summed E-state index contributed by atoms with van der Waals surface area (Å²) in [5, 5.41) is 4.12. The molecule has 2 aliphatic heterocycles. The second kappa shape index (κ2) is 9.31. The van der Waals surface area contributed by atoms with E-state index in [1.165, 1.54) is 4.90 Å².